The average molecular weight is 979 g/mol. The van der Waals surface area contributed by atoms with Crippen molar-refractivity contribution < 1.29 is 52.2 Å². The Kier molecular flexibility index (Phi) is 48.5. The number of rotatable bonds is 50. The van der Waals surface area contributed by atoms with Gasteiger partial charge in [-0.2, -0.15) is 0 Å². The Hall–Kier alpha value is -2.82. The van der Waals surface area contributed by atoms with Crippen LogP contribution in [0.3, 0.4) is 0 Å². The Labute approximate surface area is 415 Å². The molecule has 0 saturated carbocycles. The number of unbranched alkanes of at least 4 members (excludes halogenated alkanes) is 23. The molecule has 0 aromatic rings. The zero-order chi connectivity index (χ0) is 49.9. The summed E-state index contributed by atoms with van der Waals surface area (Å²) in [5.41, 5.74) is 0. The molecule has 0 aromatic heterocycles. The van der Waals surface area contributed by atoms with Gasteiger partial charge in [-0.1, -0.05) is 197 Å². The molecule has 0 heterocycles. The van der Waals surface area contributed by atoms with Crippen LogP contribution in [0.25, 0.3) is 0 Å². The van der Waals surface area contributed by atoms with Gasteiger partial charge in [-0.15, -0.1) is 0 Å². The van der Waals surface area contributed by atoms with Crippen molar-refractivity contribution in [3.8, 4) is 0 Å². The van der Waals surface area contributed by atoms with Gasteiger partial charge in [-0.05, 0) is 83.5 Å². The van der Waals surface area contributed by atoms with Crippen molar-refractivity contribution in [2.75, 3.05) is 26.4 Å². The highest BCUT2D eigenvalue weighted by Crippen LogP contribution is 2.43. The molecule has 0 aliphatic carbocycles. The molecule has 0 saturated heterocycles. The second-order valence-electron chi connectivity index (χ2n) is 18.0. The minimum absolute atomic E-state index is 0.115. The lowest BCUT2D eigenvalue weighted by Gasteiger charge is -2.21. The molecule has 0 amide bonds. The van der Waals surface area contributed by atoms with Crippen molar-refractivity contribution >= 4 is 25.7 Å². The van der Waals surface area contributed by atoms with Crippen LogP contribution in [-0.4, -0.2) is 66.5 Å². The third kappa shape index (κ3) is 48.2. The Morgan fingerprint density at radius 1 is 0.426 bits per heavy atom. The molecule has 2 N–H and O–H groups in total. The van der Waals surface area contributed by atoms with Crippen molar-refractivity contribution in [2.24, 2.45) is 0 Å². The lowest BCUT2D eigenvalue weighted by atomic mass is 10.1. The molecule has 0 aliphatic rings. The zero-order valence-electron chi connectivity index (χ0n) is 43.3. The van der Waals surface area contributed by atoms with Crippen LogP contribution < -0.4 is 0 Å². The number of ether oxygens (including phenoxy) is 3. The Bertz CT molecular complexity index is 1370. The van der Waals surface area contributed by atoms with Gasteiger partial charge >= 0.3 is 25.7 Å². The molecule has 0 spiro atoms. The van der Waals surface area contributed by atoms with Gasteiger partial charge in [0.2, 0.25) is 0 Å². The SMILES string of the molecule is CC/C=C\C/C=C\C/C=C\C/C=C\CCCCC(=O)OC(COC(=O)CCCCCCCCC/C=C\CCCCCCCC)COP(=O)(O)OCC(CO)OC(=O)CCCCCCCCCCC. The maximum Gasteiger partial charge on any atom is 0.472 e. The van der Waals surface area contributed by atoms with E-state index >= 15 is 0 Å². The summed E-state index contributed by atoms with van der Waals surface area (Å²) >= 11 is 0. The predicted molar refractivity (Wildman–Crippen MR) is 279 cm³/mol. The third-order valence-electron chi connectivity index (χ3n) is 11.4. The molecule has 0 rings (SSSR count). The van der Waals surface area contributed by atoms with E-state index < -0.39 is 57.8 Å². The van der Waals surface area contributed by atoms with Gasteiger partial charge < -0.3 is 24.2 Å². The fourth-order valence-corrected chi connectivity index (χ4v) is 8.07. The van der Waals surface area contributed by atoms with Gasteiger partial charge in [0.15, 0.2) is 6.10 Å². The van der Waals surface area contributed by atoms with Crippen LogP contribution in [0.1, 0.15) is 239 Å². The monoisotopic (exact) mass is 979 g/mol. The maximum atomic E-state index is 12.8. The molecule has 394 valence electrons. The van der Waals surface area contributed by atoms with Crippen LogP contribution in [0.2, 0.25) is 0 Å². The molecule has 3 unspecified atom stereocenters. The molecular formula is C56H99O11P. The van der Waals surface area contributed by atoms with Crippen molar-refractivity contribution in [3.63, 3.8) is 0 Å². The maximum absolute atomic E-state index is 12.8. The average Bonchev–Trinajstić information content (AvgIpc) is 3.32. The van der Waals surface area contributed by atoms with Crippen molar-refractivity contribution in [1.82, 2.24) is 0 Å². The Morgan fingerprint density at radius 3 is 1.22 bits per heavy atom. The van der Waals surface area contributed by atoms with Crippen LogP contribution in [0.5, 0.6) is 0 Å². The molecule has 0 bridgehead atoms. The number of carbonyl (C=O) groups is 3. The summed E-state index contributed by atoms with van der Waals surface area (Å²) in [5, 5.41) is 9.75. The molecular weight excluding hydrogens is 880 g/mol. The van der Waals surface area contributed by atoms with Crippen LogP contribution in [0.4, 0.5) is 0 Å². The first kappa shape index (κ1) is 65.2. The Balaban J connectivity index is 4.78. The number of allylic oxidation sites excluding steroid dienone is 10. The van der Waals surface area contributed by atoms with Gasteiger partial charge in [0, 0.05) is 19.3 Å². The van der Waals surface area contributed by atoms with E-state index in [0.29, 0.717) is 19.3 Å². The second-order valence-corrected chi connectivity index (χ2v) is 19.5. The standard InChI is InChI=1S/C56H99O11P/c1-4-7-10-13-16-19-21-23-25-26-28-29-31-34-36-39-42-45-54(58)63-49-53(67-56(60)47-44-41-38-35-32-30-27-24-22-20-17-14-11-8-5-2)51-65-68(61,62)64-50-52(48-57)66-55(59)46-43-40-37-33-18-15-12-9-6-3/h8,11,17,20,23-25,27,32,35,52-53,57H,4-7,9-10,12-16,18-19,21-22,26,28-31,33-34,36-51H2,1-3H3,(H,61,62)/b11-8-,20-17-,25-23-,27-24-,35-32-. The van der Waals surface area contributed by atoms with Crippen LogP contribution in [0, 0.1) is 0 Å². The molecule has 11 nitrogen and oxygen atoms in total. The van der Waals surface area contributed by atoms with E-state index in [1.54, 1.807) is 0 Å². The predicted octanol–water partition coefficient (Wildman–Crippen LogP) is 15.6. The van der Waals surface area contributed by atoms with Gasteiger partial charge in [0.1, 0.15) is 12.7 Å². The number of aliphatic hydroxyl groups excluding tert-OH is 1. The highest BCUT2D eigenvalue weighted by atomic mass is 31.2. The molecule has 0 fully saturated rings. The van der Waals surface area contributed by atoms with E-state index in [2.05, 4.69) is 81.5 Å². The lowest BCUT2D eigenvalue weighted by Crippen LogP contribution is -2.30. The fourth-order valence-electron chi connectivity index (χ4n) is 7.28. The van der Waals surface area contributed by atoms with E-state index in [-0.39, 0.29) is 25.9 Å². The highest BCUT2D eigenvalue weighted by Gasteiger charge is 2.28. The van der Waals surface area contributed by atoms with Crippen molar-refractivity contribution in [1.29, 1.82) is 0 Å². The van der Waals surface area contributed by atoms with E-state index in [0.717, 1.165) is 83.5 Å². The van der Waals surface area contributed by atoms with Crippen LogP contribution >= 0.6 is 7.82 Å². The second kappa shape index (κ2) is 50.6. The summed E-state index contributed by atoms with van der Waals surface area (Å²) in [6.45, 7) is 4.45. The van der Waals surface area contributed by atoms with Gasteiger partial charge in [-0.3, -0.25) is 23.4 Å². The number of aliphatic hydroxyl groups is 1. The Morgan fingerprint density at radius 2 is 0.765 bits per heavy atom. The van der Waals surface area contributed by atoms with Crippen LogP contribution in [-0.2, 0) is 42.2 Å². The van der Waals surface area contributed by atoms with Gasteiger partial charge in [0.05, 0.1) is 19.8 Å². The minimum Gasteiger partial charge on any atom is -0.462 e. The zero-order valence-corrected chi connectivity index (χ0v) is 44.2. The first-order valence-corrected chi connectivity index (χ1v) is 28.7. The largest absolute Gasteiger partial charge is 0.472 e. The summed E-state index contributed by atoms with van der Waals surface area (Å²) in [5.74, 6) is -1.52. The quantitative estimate of drug-likeness (QED) is 0.0197. The molecule has 0 radical (unpaired) electrons. The van der Waals surface area contributed by atoms with E-state index in [4.69, 9.17) is 23.3 Å². The topological polar surface area (TPSA) is 155 Å². The summed E-state index contributed by atoms with van der Waals surface area (Å²) in [7, 11) is -4.75. The number of esters is 3. The van der Waals surface area contributed by atoms with Crippen molar-refractivity contribution in [2.45, 2.75) is 251 Å². The molecule has 68 heavy (non-hydrogen) atoms. The van der Waals surface area contributed by atoms with Crippen molar-refractivity contribution in [3.05, 3.63) is 60.8 Å². The number of phosphoric ester groups is 1. The number of carbonyl (C=O) groups excluding carboxylic acids is 3. The molecule has 12 heteroatoms. The summed E-state index contributed by atoms with van der Waals surface area (Å²) in [6, 6.07) is 0. The third-order valence-corrected chi connectivity index (χ3v) is 12.4. The molecule has 3 atom stereocenters. The fraction of sp³-hybridized carbons (Fsp3) is 0.768. The summed E-state index contributed by atoms with van der Waals surface area (Å²) < 4.78 is 39.3. The number of hydrogen-bond donors (Lipinski definition) is 2. The lowest BCUT2D eigenvalue weighted by molar-refractivity contribution is -0.161. The van der Waals surface area contributed by atoms with Gasteiger partial charge in [-0.25, -0.2) is 4.57 Å². The minimum atomic E-state index is -4.75. The molecule has 0 aromatic carbocycles. The molecule has 0 aliphatic heterocycles. The van der Waals surface area contributed by atoms with Gasteiger partial charge in [0.25, 0.3) is 0 Å². The number of phosphoric acid groups is 1. The van der Waals surface area contributed by atoms with E-state index in [1.807, 2.05) is 0 Å². The number of hydrogen-bond acceptors (Lipinski definition) is 10. The van der Waals surface area contributed by atoms with E-state index in [9.17, 15) is 28.9 Å². The van der Waals surface area contributed by atoms with E-state index in [1.165, 1.54) is 96.3 Å². The normalized spacial score (nSPS) is 13.9. The smallest absolute Gasteiger partial charge is 0.462 e. The summed E-state index contributed by atoms with van der Waals surface area (Å²) in [6.07, 6.45) is 53.4. The first-order chi connectivity index (χ1) is 33.2. The first-order valence-electron chi connectivity index (χ1n) is 27.2. The summed E-state index contributed by atoms with van der Waals surface area (Å²) in [4.78, 5) is 48.3. The van der Waals surface area contributed by atoms with Crippen LogP contribution in [0.15, 0.2) is 60.8 Å². The highest BCUT2D eigenvalue weighted by molar-refractivity contribution is 7.47.